The fourth-order valence-electron chi connectivity index (χ4n) is 2.43. The van der Waals surface area contributed by atoms with E-state index in [1.807, 2.05) is 37.3 Å². The second-order valence-corrected chi connectivity index (χ2v) is 6.32. The van der Waals surface area contributed by atoms with Gasteiger partial charge in [0, 0.05) is 22.2 Å². The van der Waals surface area contributed by atoms with Gasteiger partial charge < -0.3 is 9.47 Å². The minimum absolute atomic E-state index is 0.595. The molecule has 4 heteroatoms. The highest BCUT2D eigenvalue weighted by Gasteiger charge is 2.12. The lowest BCUT2D eigenvalue weighted by Gasteiger charge is -2.14. The molecule has 0 spiro atoms. The van der Waals surface area contributed by atoms with Crippen molar-refractivity contribution < 1.29 is 9.47 Å². The van der Waals surface area contributed by atoms with E-state index < -0.39 is 0 Å². The van der Waals surface area contributed by atoms with E-state index in [1.54, 1.807) is 0 Å². The largest absolute Gasteiger partial charge is 0.493 e. The molecule has 0 saturated heterocycles. The molecule has 2 aromatic carbocycles. The Kier molecular flexibility index (Phi) is 7.34. The molecule has 0 heterocycles. The Morgan fingerprint density at radius 2 is 1.73 bits per heavy atom. The van der Waals surface area contributed by atoms with Crippen molar-refractivity contribution in [3.05, 3.63) is 35.4 Å². The Morgan fingerprint density at radius 1 is 1.00 bits per heavy atom. The van der Waals surface area contributed by atoms with E-state index in [-0.39, 0.29) is 0 Å². The third-order valence-electron chi connectivity index (χ3n) is 3.49. The van der Waals surface area contributed by atoms with Gasteiger partial charge in [-0.1, -0.05) is 64.6 Å². The van der Waals surface area contributed by atoms with Crippen LogP contribution in [0.3, 0.4) is 0 Å². The van der Waals surface area contributed by atoms with E-state index in [2.05, 4.69) is 15.9 Å². The molecule has 0 unspecified atom stereocenters. The van der Waals surface area contributed by atoms with Crippen LogP contribution in [0.5, 0.6) is 11.5 Å². The van der Waals surface area contributed by atoms with Crippen LogP contribution in [0.4, 0.5) is 0 Å². The molecule has 2 rings (SSSR count). The van der Waals surface area contributed by atoms with Crippen molar-refractivity contribution in [1.82, 2.24) is 0 Å². The maximum Gasteiger partial charge on any atom is 0.145 e. The molecule has 0 radical (unpaired) electrons. The Hall–Kier alpha value is -0.930. The molecule has 0 aromatic heterocycles. The van der Waals surface area contributed by atoms with E-state index in [9.17, 15) is 0 Å². The van der Waals surface area contributed by atoms with Gasteiger partial charge in [-0.05, 0) is 19.8 Å². The van der Waals surface area contributed by atoms with Crippen molar-refractivity contribution in [2.24, 2.45) is 0 Å². The van der Waals surface area contributed by atoms with Gasteiger partial charge in [-0.2, -0.15) is 0 Å². The van der Waals surface area contributed by atoms with Crippen molar-refractivity contribution in [2.45, 2.75) is 32.6 Å². The summed E-state index contributed by atoms with van der Waals surface area (Å²) in [6.45, 7) is 3.27. The number of halogens is 2. The van der Waals surface area contributed by atoms with Crippen LogP contribution < -0.4 is 9.47 Å². The van der Waals surface area contributed by atoms with Crippen LogP contribution in [-0.2, 0) is 0 Å². The first-order valence-corrected chi connectivity index (χ1v) is 9.30. The molecule has 2 nitrogen and oxygen atoms in total. The standard InChI is InChI=1S/C18H22BrClO2/c1-2-21-18-15-10-6-5-9-14(15)17(13-16(18)20)22-12-8-4-3-7-11-19/h5-6,9-10,13H,2-4,7-8,11-12H2,1H3. The molecule has 0 amide bonds. The quantitative estimate of drug-likeness (QED) is 0.376. The lowest BCUT2D eigenvalue weighted by Crippen LogP contribution is -2.00. The topological polar surface area (TPSA) is 18.5 Å². The predicted molar refractivity (Wildman–Crippen MR) is 97.9 cm³/mol. The summed E-state index contributed by atoms with van der Waals surface area (Å²) in [5.74, 6) is 1.58. The lowest BCUT2D eigenvalue weighted by molar-refractivity contribution is 0.307. The molecule has 0 atom stereocenters. The number of fused-ring (bicyclic) bond motifs is 1. The second-order valence-electron chi connectivity index (χ2n) is 5.12. The van der Waals surface area contributed by atoms with Crippen molar-refractivity contribution in [3.63, 3.8) is 0 Å². The summed E-state index contributed by atoms with van der Waals surface area (Å²) in [5.41, 5.74) is 0. The number of benzene rings is 2. The summed E-state index contributed by atoms with van der Waals surface area (Å²) < 4.78 is 11.6. The van der Waals surface area contributed by atoms with E-state index in [4.69, 9.17) is 21.1 Å². The van der Waals surface area contributed by atoms with Gasteiger partial charge in [-0.25, -0.2) is 0 Å². The maximum atomic E-state index is 6.36. The van der Waals surface area contributed by atoms with Gasteiger partial charge >= 0.3 is 0 Å². The highest BCUT2D eigenvalue weighted by atomic mass is 79.9. The molecule has 120 valence electrons. The summed E-state index contributed by atoms with van der Waals surface area (Å²) >= 11 is 9.81. The average Bonchev–Trinajstić information content (AvgIpc) is 2.54. The lowest BCUT2D eigenvalue weighted by atomic mass is 10.1. The zero-order chi connectivity index (χ0) is 15.8. The Balaban J connectivity index is 2.11. The fraction of sp³-hybridized carbons (Fsp3) is 0.444. The highest BCUT2D eigenvalue weighted by molar-refractivity contribution is 9.09. The van der Waals surface area contributed by atoms with Crippen molar-refractivity contribution in [3.8, 4) is 11.5 Å². The summed E-state index contributed by atoms with van der Waals surface area (Å²) in [5, 5.41) is 3.74. The van der Waals surface area contributed by atoms with Crippen LogP contribution in [0.15, 0.2) is 30.3 Å². The summed E-state index contributed by atoms with van der Waals surface area (Å²) in [4.78, 5) is 0. The molecule has 0 N–H and O–H groups in total. The minimum atomic E-state index is 0.595. The van der Waals surface area contributed by atoms with Crippen LogP contribution >= 0.6 is 27.5 Å². The molecule has 22 heavy (non-hydrogen) atoms. The monoisotopic (exact) mass is 384 g/mol. The van der Waals surface area contributed by atoms with Crippen LogP contribution in [0, 0.1) is 0 Å². The zero-order valence-corrected chi connectivity index (χ0v) is 15.3. The summed E-state index contributed by atoms with van der Waals surface area (Å²) in [7, 11) is 0. The number of hydrogen-bond donors (Lipinski definition) is 0. The minimum Gasteiger partial charge on any atom is -0.493 e. The van der Waals surface area contributed by atoms with Crippen LogP contribution in [-0.4, -0.2) is 18.5 Å². The van der Waals surface area contributed by atoms with Gasteiger partial charge in [0.05, 0.1) is 18.2 Å². The number of rotatable bonds is 9. The SMILES string of the molecule is CCOc1c(Cl)cc(OCCCCCCBr)c2ccccc12. The number of unbranched alkanes of at least 4 members (excludes halogenated alkanes) is 3. The van der Waals surface area contributed by atoms with Crippen LogP contribution in [0.1, 0.15) is 32.6 Å². The first-order valence-electron chi connectivity index (χ1n) is 7.80. The molecule has 0 aliphatic rings. The normalized spacial score (nSPS) is 10.9. The number of hydrogen-bond acceptors (Lipinski definition) is 2. The molecule has 0 saturated carbocycles. The van der Waals surface area contributed by atoms with Gasteiger partial charge in [0.1, 0.15) is 11.5 Å². The first kappa shape index (κ1) is 17.4. The smallest absolute Gasteiger partial charge is 0.145 e. The van der Waals surface area contributed by atoms with Crippen LogP contribution in [0.2, 0.25) is 5.02 Å². The Labute approximate surface area is 145 Å². The van der Waals surface area contributed by atoms with Crippen LogP contribution in [0.25, 0.3) is 10.8 Å². The third kappa shape index (κ3) is 4.53. The van der Waals surface area contributed by atoms with E-state index in [1.165, 1.54) is 19.3 Å². The fourth-order valence-corrected chi connectivity index (χ4v) is 3.08. The second kappa shape index (κ2) is 9.26. The van der Waals surface area contributed by atoms with Gasteiger partial charge in [-0.3, -0.25) is 0 Å². The maximum absolute atomic E-state index is 6.36. The predicted octanol–water partition coefficient (Wildman–Crippen LogP) is 6.23. The summed E-state index contributed by atoms with van der Waals surface area (Å²) in [6, 6.07) is 9.94. The Morgan fingerprint density at radius 3 is 2.45 bits per heavy atom. The van der Waals surface area contributed by atoms with Crippen molar-refractivity contribution >= 4 is 38.3 Å². The van der Waals surface area contributed by atoms with E-state index in [0.717, 1.165) is 40.6 Å². The highest BCUT2D eigenvalue weighted by Crippen LogP contribution is 2.39. The number of ether oxygens (including phenoxy) is 2. The average molecular weight is 386 g/mol. The molecule has 0 bridgehead atoms. The first-order chi connectivity index (χ1) is 10.8. The van der Waals surface area contributed by atoms with Gasteiger partial charge in [0.2, 0.25) is 0 Å². The summed E-state index contributed by atoms with van der Waals surface area (Å²) in [6.07, 6.45) is 4.71. The number of alkyl halides is 1. The molecular formula is C18H22BrClO2. The van der Waals surface area contributed by atoms with Crippen molar-refractivity contribution in [2.75, 3.05) is 18.5 Å². The molecule has 0 fully saturated rings. The van der Waals surface area contributed by atoms with E-state index in [0.29, 0.717) is 11.6 Å². The van der Waals surface area contributed by atoms with Gasteiger partial charge in [0.15, 0.2) is 0 Å². The molecular weight excluding hydrogens is 364 g/mol. The molecule has 0 aliphatic heterocycles. The third-order valence-corrected chi connectivity index (χ3v) is 4.33. The molecule has 2 aromatic rings. The van der Waals surface area contributed by atoms with Gasteiger partial charge in [0.25, 0.3) is 0 Å². The van der Waals surface area contributed by atoms with Gasteiger partial charge in [-0.15, -0.1) is 0 Å². The Bertz CT molecular complexity index is 601. The molecule has 0 aliphatic carbocycles. The zero-order valence-electron chi connectivity index (χ0n) is 12.9. The van der Waals surface area contributed by atoms with Crippen molar-refractivity contribution in [1.29, 1.82) is 0 Å². The van der Waals surface area contributed by atoms with E-state index >= 15 is 0 Å².